The monoisotopic (exact) mass is 719 g/mol. The largest absolute Gasteiger partial charge is 0.508 e. The van der Waals surface area contributed by atoms with Crippen LogP contribution in [-0.2, 0) is 12.8 Å². The maximum Gasteiger partial charge on any atom is 0.204 e. The average molecular weight is 720 g/mol. The van der Waals surface area contributed by atoms with Crippen molar-refractivity contribution in [3.63, 3.8) is 0 Å². The van der Waals surface area contributed by atoms with Crippen LogP contribution in [-0.4, -0.2) is 79.5 Å². The van der Waals surface area contributed by atoms with Crippen molar-refractivity contribution in [1.29, 1.82) is 0 Å². The van der Waals surface area contributed by atoms with Crippen LogP contribution in [0.15, 0.2) is 69.9 Å². The molecule has 0 amide bonds. The van der Waals surface area contributed by atoms with E-state index < -0.39 is 5.92 Å². The number of hydrogen-bond donors (Lipinski definition) is 5. The molecule has 2 aromatic heterocycles. The molecule has 7 rings (SSSR count). The number of aliphatic hydroxyl groups excluding tert-OH is 2. The number of nitrogens with zero attached hydrogens (tertiary/aromatic N) is 1. The third kappa shape index (κ3) is 7.44. The molecule has 4 heterocycles. The van der Waals surface area contributed by atoms with Gasteiger partial charge in [-0.25, -0.2) is 0 Å². The molecule has 2 aliphatic rings. The Kier molecular flexibility index (Phi) is 10.9. The lowest BCUT2D eigenvalue weighted by atomic mass is 9.88. The van der Waals surface area contributed by atoms with E-state index in [2.05, 4.69) is 64.3 Å². The molecular weight excluding hydrogens is 674 g/mol. The highest BCUT2D eigenvalue weighted by atomic mass is 16.5. The van der Waals surface area contributed by atoms with Crippen LogP contribution in [0.2, 0.25) is 0 Å². The number of hydrogen-bond acceptors (Lipinski definition) is 10. The van der Waals surface area contributed by atoms with Crippen LogP contribution < -0.4 is 29.9 Å². The van der Waals surface area contributed by atoms with Crippen molar-refractivity contribution in [2.45, 2.75) is 44.6 Å². The Morgan fingerprint density at radius 2 is 1.72 bits per heavy atom. The average Bonchev–Trinajstić information content (AvgIpc) is 3.62. The molecule has 276 valence electrons. The number of piperazine rings is 1. The fraction of sp³-hybridized carbons (Fsp3) is 0.357. The lowest BCUT2D eigenvalue weighted by Crippen LogP contribution is -2.50. The van der Waals surface area contributed by atoms with Crippen LogP contribution in [0.5, 0.6) is 23.0 Å². The summed E-state index contributed by atoms with van der Waals surface area (Å²) in [7, 11) is 1.49. The molecule has 2 aliphatic heterocycles. The summed E-state index contributed by atoms with van der Waals surface area (Å²) in [6.07, 6.45) is 2.00. The van der Waals surface area contributed by atoms with Crippen molar-refractivity contribution in [1.82, 2.24) is 10.3 Å². The lowest BCUT2D eigenvalue weighted by Gasteiger charge is -2.33. The van der Waals surface area contributed by atoms with Crippen molar-refractivity contribution >= 4 is 16.8 Å². The molecule has 4 bridgehead atoms. The summed E-state index contributed by atoms with van der Waals surface area (Å²) in [4.78, 5) is 20.3. The van der Waals surface area contributed by atoms with E-state index in [1.54, 1.807) is 12.1 Å². The summed E-state index contributed by atoms with van der Waals surface area (Å²) in [5, 5.41) is 33.0. The first kappa shape index (κ1) is 36.0. The van der Waals surface area contributed by atoms with E-state index in [1.165, 1.54) is 31.0 Å². The zero-order chi connectivity index (χ0) is 36.9. The van der Waals surface area contributed by atoms with Gasteiger partial charge in [-0.05, 0) is 54.3 Å². The fourth-order valence-electron chi connectivity index (χ4n) is 7.10. The first-order valence-electron chi connectivity index (χ1n) is 18.2. The molecule has 0 radical (unpaired) electrons. The first-order valence-corrected chi connectivity index (χ1v) is 18.2. The summed E-state index contributed by atoms with van der Waals surface area (Å²) in [6.45, 7) is 4.45. The number of aliphatic hydroxyl groups is 2. The maximum absolute atomic E-state index is 14.3. The molecule has 3 aromatic carbocycles. The van der Waals surface area contributed by atoms with E-state index in [0.717, 1.165) is 42.0 Å². The number of aromatic amines is 1. The van der Waals surface area contributed by atoms with Crippen LogP contribution >= 0.6 is 0 Å². The van der Waals surface area contributed by atoms with Crippen molar-refractivity contribution in [3.8, 4) is 57.3 Å². The molecular formula is C42H45N3O8. The number of anilines is 1. The van der Waals surface area contributed by atoms with E-state index in [9.17, 15) is 20.1 Å². The number of H-pyrrole nitrogens is 1. The fourth-order valence-corrected chi connectivity index (χ4v) is 7.10. The molecule has 0 spiro atoms. The minimum Gasteiger partial charge on any atom is -0.508 e. The first-order chi connectivity index (χ1) is 25.9. The zero-order valence-corrected chi connectivity index (χ0v) is 30.0. The SMILES string of the molecule is CCc1cc2c([nH]1)N1CCNC(C#CC(c3c(OCCCO)c(OC)c(OCCCO)c4c(=O)cc(-c5ccc(O)cc5)oc34)Cc3cccc-2c3)C1. The molecule has 1 fully saturated rings. The van der Waals surface area contributed by atoms with E-state index >= 15 is 0 Å². The smallest absolute Gasteiger partial charge is 0.204 e. The maximum atomic E-state index is 14.3. The van der Waals surface area contributed by atoms with E-state index in [1.807, 2.05) is 0 Å². The minimum absolute atomic E-state index is 0.0831. The molecule has 5 N–H and O–H groups in total. The van der Waals surface area contributed by atoms with Crippen LogP contribution in [0.4, 0.5) is 5.82 Å². The van der Waals surface area contributed by atoms with Gasteiger partial charge in [0.1, 0.15) is 22.7 Å². The second-order valence-electron chi connectivity index (χ2n) is 13.3. The Morgan fingerprint density at radius 1 is 0.943 bits per heavy atom. The third-order valence-electron chi connectivity index (χ3n) is 9.71. The second kappa shape index (κ2) is 16.1. The second-order valence-corrected chi connectivity index (χ2v) is 13.3. The topological polar surface area (TPSA) is 150 Å². The summed E-state index contributed by atoms with van der Waals surface area (Å²) < 4.78 is 25.4. The number of fused-ring (bicyclic) bond motifs is 8. The molecule has 11 heteroatoms. The van der Waals surface area contributed by atoms with Crippen LogP contribution in [0.1, 0.15) is 42.5 Å². The van der Waals surface area contributed by atoms with Gasteiger partial charge in [0.2, 0.25) is 5.75 Å². The number of benzene rings is 3. The highest BCUT2D eigenvalue weighted by Gasteiger charge is 2.32. The summed E-state index contributed by atoms with van der Waals surface area (Å²) in [6, 6.07) is 18.4. The molecule has 0 aliphatic carbocycles. The van der Waals surface area contributed by atoms with Gasteiger partial charge in [0.25, 0.3) is 0 Å². The number of rotatable bonds is 12. The Morgan fingerprint density at radius 3 is 2.45 bits per heavy atom. The predicted molar refractivity (Wildman–Crippen MR) is 204 cm³/mol. The Balaban J connectivity index is 1.50. The molecule has 0 saturated carbocycles. The summed E-state index contributed by atoms with van der Waals surface area (Å²) in [5.41, 5.74) is 5.41. The minimum atomic E-state index is -0.552. The molecule has 2 atom stereocenters. The summed E-state index contributed by atoms with van der Waals surface area (Å²) >= 11 is 0. The quantitative estimate of drug-likeness (QED) is 0.0841. The van der Waals surface area contributed by atoms with Crippen molar-refractivity contribution in [3.05, 3.63) is 87.7 Å². The number of ether oxygens (including phenoxy) is 3. The van der Waals surface area contributed by atoms with Gasteiger partial charge in [0, 0.05) is 68.6 Å². The highest BCUT2D eigenvalue weighted by Crippen LogP contribution is 2.50. The van der Waals surface area contributed by atoms with Crippen molar-refractivity contribution in [2.75, 3.05) is 58.1 Å². The number of nitrogens with one attached hydrogen (secondary N) is 2. The Hall–Kier alpha value is -5.41. The number of aromatic nitrogens is 1. The highest BCUT2D eigenvalue weighted by molar-refractivity contribution is 5.94. The molecule has 53 heavy (non-hydrogen) atoms. The molecule has 1 saturated heterocycles. The third-order valence-corrected chi connectivity index (χ3v) is 9.71. The van der Waals surface area contributed by atoms with E-state index in [4.69, 9.17) is 18.6 Å². The van der Waals surface area contributed by atoms with Gasteiger partial charge in [-0.3, -0.25) is 4.79 Å². The van der Waals surface area contributed by atoms with E-state index in [0.29, 0.717) is 42.7 Å². The van der Waals surface area contributed by atoms with Crippen LogP contribution in [0.3, 0.4) is 0 Å². The molecule has 2 unspecified atom stereocenters. The lowest BCUT2D eigenvalue weighted by molar-refractivity contribution is 0.216. The van der Waals surface area contributed by atoms with Gasteiger partial charge in [0.05, 0.1) is 37.8 Å². The summed E-state index contributed by atoms with van der Waals surface area (Å²) in [5.74, 6) is 8.70. The van der Waals surface area contributed by atoms with Crippen LogP contribution in [0.25, 0.3) is 33.4 Å². The van der Waals surface area contributed by atoms with Gasteiger partial charge < -0.3 is 49.1 Å². The van der Waals surface area contributed by atoms with Gasteiger partial charge in [-0.2, -0.15) is 0 Å². The number of phenols is 1. The van der Waals surface area contributed by atoms with Crippen molar-refractivity contribution in [2.24, 2.45) is 0 Å². The molecule has 5 aromatic rings. The van der Waals surface area contributed by atoms with E-state index in [-0.39, 0.29) is 71.9 Å². The number of methoxy groups -OCH3 is 1. The number of aryl methyl sites for hydroxylation is 1. The normalized spacial score (nSPS) is 16.6. The van der Waals surface area contributed by atoms with Gasteiger partial charge in [0.15, 0.2) is 22.5 Å². The van der Waals surface area contributed by atoms with Gasteiger partial charge in [-0.1, -0.05) is 43.0 Å². The number of aromatic hydroxyl groups is 1. The van der Waals surface area contributed by atoms with Gasteiger partial charge >= 0.3 is 0 Å². The predicted octanol–water partition coefficient (Wildman–Crippen LogP) is 5.38. The molecule has 11 nitrogen and oxygen atoms in total. The zero-order valence-electron chi connectivity index (χ0n) is 30.0. The number of phenolic OH excluding ortho intramolecular Hbond substituents is 1. The Bertz CT molecular complexity index is 2200. The van der Waals surface area contributed by atoms with Crippen LogP contribution in [0, 0.1) is 11.8 Å². The van der Waals surface area contributed by atoms with Gasteiger partial charge in [-0.15, -0.1) is 0 Å². The standard InChI is InChI=1S/C42H45N3O8/c1-3-30-23-33-28-8-4-7-26(21-28)22-29(9-12-31-25-45(16-15-43-31)42(33)44-30)36-38-37(34(49)24-35(53-38)27-10-13-32(48)14-11-27)40(52-20-6-18-47)41(50-2)39(36)51-19-5-17-46/h4,7-8,10-11,13-14,21,23-24,29,31,43-44,46-48H,3,5-6,15-20,22,25H2,1-2H3. The van der Waals surface area contributed by atoms with Crippen molar-refractivity contribution < 1.29 is 33.9 Å². The Labute approximate surface area is 308 Å².